The minimum atomic E-state index is 0.696. The van der Waals surface area contributed by atoms with E-state index in [0.29, 0.717) is 6.04 Å². The molecule has 2 fully saturated rings. The molecule has 1 saturated carbocycles. The molecular formula is C13H26N2. The predicted octanol–water partition coefficient (Wildman–Crippen LogP) is 2.38. The third-order valence-corrected chi connectivity index (χ3v) is 4.26. The largest absolute Gasteiger partial charge is 0.329 e. The topological polar surface area (TPSA) is 29.3 Å². The highest BCUT2D eigenvalue weighted by Gasteiger charge is 2.25. The van der Waals surface area contributed by atoms with Crippen molar-refractivity contribution in [2.45, 2.75) is 57.4 Å². The average Bonchev–Trinajstić information content (AvgIpc) is 2.42. The van der Waals surface area contributed by atoms with E-state index in [0.717, 1.165) is 12.5 Å². The molecule has 1 unspecified atom stereocenters. The van der Waals surface area contributed by atoms with Gasteiger partial charge in [0.2, 0.25) is 0 Å². The Morgan fingerprint density at radius 1 is 1.00 bits per heavy atom. The van der Waals surface area contributed by atoms with Crippen LogP contribution < -0.4 is 5.73 Å². The summed E-state index contributed by atoms with van der Waals surface area (Å²) < 4.78 is 0. The molecule has 0 aromatic rings. The predicted molar refractivity (Wildman–Crippen MR) is 64.8 cm³/mol. The SMILES string of the molecule is NCC(CC1CCCCCC1)N1CCC1. The van der Waals surface area contributed by atoms with Crippen molar-refractivity contribution in [3.63, 3.8) is 0 Å². The Balaban J connectivity index is 1.76. The Bertz CT molecular complexity index is 169. The van der Waals surface area contributed by atoms with E-state index in [1.807, 2.05) is 0 Å². The van der Waals surface area contributed by atoms with E-state index in [-0.39, 0.29) is 0 Å². The average molecular weight is 210 g/mol. The van der Waals surface area contributed by atoms with Crippen molar-refractivity contribution in [2.24, 2.45) is 11.7 Å². The minimum absolute atomic E-state index is 0.696. The molecule has 1 saturated heterocycles. The summed E-state index contributed by atoms with van der Waals surface area (Å²) in [5, 5.41) is 0. The summed E-state index contributed by atoms with van der Waals surface area (Å²) in [7, 11) is 0. The zero-order chi connectivity index (χ0) is 10.5. The van der Waals surface area contributed by atoms with E-state index in [1.165, 1.54) is 64.5 Å². The van der Waals surface area contributed by atoms with Gasteiger partial charge >= 0.3 is 0 Å². The quantitative estimate of drug-likeness (QED) is 0.722. The molecule has 0 aromatic heterocycles. The van der Waals surface area contributed by atoms with Gasteiger partial charge in [-0.15, -0.1) is 0 Å². The van der Waals surface area contributed by atoms with Crippen molar-refractivity contribution >= 4 is 0 Å². The molecule has 88 valence electrons. The van der Waals surface area contributed by atoms with E-state index >= 15 is 0 Å². The number of rotatable bonds is 4. The Morgan fingerprint density at radius 2 is 1.67 bits per heavy atom. The van der Waals surface area contributed by atoms with Crippen LogP contribution in [0.3, 0.4) is 0 Å². The van der Waals surface area contributed by atoms with Crippen LogP contribution >= 0.6 is 0 Å². The lowest BCUT2D eigenvalue weighted by Crippen LogP contribution is -2.49. The van der Waals surface area contributed by atoms with Crippen LogP contribution in [0.2, 0.25) is 0 Å². The first-order valence-electron chi connectivity index (χ1n) is 6.84. The van der Waals surface area contributed by atoms with Crippen LogP contribution in [0.15, 0.2) is 0 Å². The Hall–Kier alpha value is -0.0800. The second kappa shape index (κ2) is 5.86. The Kier molecular flexibility index (Phi) is 4.45. The summed E-state index contributed by atoms with van der Waals surface area (Å²) in [6.07, 6.45) is 11.5. The molecule has 2 N–H and O–H groups in total. The summed E-state index contributed by atoms with van der Waals surface area (Å²) in [5.74, 6) is 0.974. The van der Waals surface area contributed by atoms with Gasteiger partial charge in [0, 0.05) is 12.6 Å². The summed E-state index contributed by atoms with van der Waals surface area (Å²) in [6, 6.07) is 0.696. The van der Waals surface area contributed by atoms with Gasteiger partial charge in [-0.1, -0.05) is 38.5 Å². The van der Waals surface area contributed by atoms with E-state index in [2.05, 4.69) is 4.90 Å². The zero-order valence-corrected chi connectivity index (χ0v) is 9.96. The fraction of sp³-hybridized carbons (Fsp3) is 1.00. The first-order valence-corrected chi connectivity index (χ1v) is 6.84. The molecule has 1 aliphatic heterocycles. The van der Waals surface area contributed by atoms with Crippen LogP contribution in [-0.4, -0.2) is 30.6 Å². The number of hydrogen-bond acceptors (Lipinski definition) is 2. The highest BCUT2D eigenvalue weighted by atomic mass is 15.2. The fourth-order valence-electron chi connectivity index (χ4n) is 3.08. The first kappa shape index (κ1) is 11.4. The second-order valence-corrected chi connectivity index (χ2v) is 5.37. The van der Waals surface area contributed by atoms with Crippen molar-refractivity contribution < 1.29 is 0 Å². The molecule has 2 aliphatic rings. The van der Waals surface area contributed by atoms with E-state index < -0.39 is 0 Å². The van der Waals surface area contributed by atoms with Crippen LogP contribution in [0.1, 0.15) is 51.4 Å². The second-order valence-electron chi connectivity index (χ2n) is 5.37. The normalized spacial score (nSPS) is 27.0. The maximum atomic E-state index is 5.90. The molecule has 2 rings (SSSR count). The maximum Gasteiger partial charge on any atom is 0.0221 e. The number of nitrogens with zero attached hydrogens (tertiary/aromatic N) is 1. The van der Waals surface area contributed by atoms with Crippen molar-refractivity contribution in [3.8, 4) is 0 Å². The molecule has 15 heavy (non-hydrogen) atoms. The van der Waals surface area contributed by atoms with Gasteiger partial charge in [-0.2, -0.15) is 0 Å². The van der Waals surface area contributed by atoms with Gasteiger partial charge < -0.3 is 5.73 Å². The van der Waals surface area contributed by atoms with Gasteiger partial charge in [0.05, 0.1) is 0 Å². The highest BCUT2D eigenvalue weighted by Crippen LogP contribution is 2.28. The van der Waals surface area contributed by atoms with Gasteiger partial charge in [0.1, 0.15) is 0 Å². The van der Waals surface area contributed by atoms with Gasteiger partial charge in [0.25, 0.3) is 0 Å². The molecule has 1 heterocycles. The molecule has 0 radical (unpaired) electrons. The smallest absolute Gasteiger partial charge is 0.0221 e. The molecule has 0 spiro atoms. The maximum absolute atomic E-state index is 5.90. The third-order valence-electron chi connectivity index (χ3n) is 4.26. The van der Waals surface area contributed by atoms with Crippen molar-refractivity contribution in [1.82, 2.24) is 4.90 Å². The molecule has 1 atom stereocenters. The van der Waals surface area contributed by atoms with Crippen LogP contribution in [-0.2, 0) is 0 Å². The van der Waals surface area contributed by atoms with E-state index in [4.69, 9.17) is 5.73 Å². The van der Waals surface area contributed by atoms with Gasteiger partial charge in [-0.05, 0) is 31.8 Å². The Morgan fingerprint density at radius 3 is 2.13 bits per heavy atom. The van der Waals surface area contributed by atoms with Crippen molar-refractivity contribution in [3.05, 3.63) is 0 Å². The van der Waals surface area contributed by atoms with Crippen LogP contribution in [0.4, 0.5) is 0 Å². The summed E-state index contributed by atoms with van der Waals surface area (Å²) in [4.78, 5) is 2.59. The monoisotopic (exact) mass is 210 g/mol. The summed E-state index contributed by atoms with van der Waals surface area (Å²) in [5.41, 5.74) is 5.90. The first-order chi connectivity index (χ1) is 7.40. The standard InChI is InChI=1S/C13H26N2/c14-11-13(15-8-5-9-15)10-12-6-3-1-2-4-7-12/h12-13H,1-11,14H2. The van der Waals surface area contributed by atoms with Gasteiger partial charge in [-0.3, -0.25) is 4.90 Å². The van der Waals surface area contributed by atoms with Crippen LogP contribution in [0.25, 0.3) is 0 Å². The Labute approximate surface area is 94.2 Å². The zero-order valence-electron chi connectivity index (χ0n) is 9.96. The molecule has 0 bridgehead atoms. The van der Waals surface area contributed by atoms with Crippen molar-refractivity contribution in [1.29, 1.82) is 0 Å². The third kappa shape index (κ3) is 3.18. The molecule has 2 heteroatoms. The fourth-order valence-corrected chi connectivity index (χ4v) is 3.08. The highest BCUT2D eigenvalue weighted by molar-refractivity contribution is 4.82. The van der Waals surface area contributed by atoms with Crippen LogP contribution in [0.5, 0.6) is 0 Å². The lowest BCUT2D eigenvalue weighted by atomic mass is 9.91. The van der Waals surface area contributed by atoms with E-state index in [1.54, 1.807) is 0 Å². The van der Waals surface area contributed by atoms with Crippen LogP contribution in [0, 0.1) is 5.92 Å². The van der Waals surface area contributed by atoms with Gasteiger partial charge in [0.15, 0.2) is 0 Å². The van der Waals surface area contributed by atoms with E-state index in [9.17, 15) is 0 Å². The molecule has 0 aromatic carbocycles. The number of likely N-dealkylation sites (tertiary alicyclic amines) is 1. The number of hydrogen-bond donors (Lipinski definition) is 1. The lowest BCUT2D eigenvalue weighted by Gasteiger charge is -2.39. The number of nitrogens with two attached hydrogens (primary N) is 1. The summed E-state index contributed by atoms with van der Waals surface area (Å²) >= 11 is 0. The molecule has 0 amide bonds. The molecule has 2 nitrogen and oxygen atoms in total. The van der Waals surface area contributed by atoms with Gasteiger partial charge in [-0.25, -0.2) is 0 Å². The molecule has 1 aliphatic carbocycles. The summed E-state index contributed by atoms with van der Waals surface area (Å²) in [6.45, 7) is 3.47. The van der Waals surface area contributed by atoms with Crippen molar-refractivity contribution in [2.75, 3.05) is 19.6 Å². The minimum Gasteiger partial charge on any atom is -0.329 e. The molecular weight excluding hydrogens is 184 g/mol. The lowest BCUT2D eigenvalue weighted by molar-refractivity contribution is 0.101.